The van der Waals surface area contributed by atoms with Gasteiger partial charge < -0.3 is 15.0 Å². The number of carbonyl (C=O) groups excluding carboxylic acids is 1. The number of nitrogens with zero attached hydrogens (tertiary/aromatic N) is 3. The topological polar surface area (TPSA) is 67.4 Å². The lowest BCUT2D eigenvalue weighted by Gasteiger charge is -2.26. The highest BCUT2D eigenvalue weighted by Gasteiger charge is 2.14. The van der Waals surface area contributed by atoms with Gasteiger partial charge in [-0.05, 0) is 24.6 Å². The van der Waals surface area contributed by atoms with Crippen LogP contribution in [0.5, 0.6) is 0 Å². The van der Waals surface area contributed by atoms with Crippen LogP contribution in [0.4, 0.5) is 16.0 Å². The second kappa shape index (κ2) is 6.70. The Labute approximate surface area is 133 Å². The predicted octanol–water partition coefficient (Wildman–Crippen LogP) is 2.01. The molecular formula is C16H17FN4O2. The molecule has 1 aromatic carbocycles. The average molecular weight is 316 g/mol. The lowest BCUT2D eigenvalue weighted by molar-refractivity contribution is 0.102. The number of halogens is 1. The maximum atomic E-state index is 13.5. The maximum Gasteiger partial charge on any atom is 0.255 e. The summed E-state index contributed by atoms with van der Waals surface area (Å²) in [6, 6.07) is 4.37. The Kier molecular flexibility index (Phi) is 4.47. The summed E-state index contributed by atoms with van der Waals surface area (Å²) in [5.41, 5.74) is 1.22. The summed E-state index contributed by atoms with van der Waals surface area (Å²) in [6.07, 6.45) is 3.08. The first-order valence-corrected chi connectivity index (χ1v) is 7.36. The van der Waals surface area contributed by atoms with E-state index in [-0.39, 0.29) is 5.56 Å². The van der Waals surface area contributed by atoms with E-state index in [1.807, 2.05) is 4.90 Å². The van der Waals surface area contributed by atoms with Crippen molar-refractivity contribution in [2.24, 2.45) is 0 Å². The molecule has 3 rings (SSSR count). The number of rotatable bonds is 3. The highest BCUT2D eigenvalue weighted by molar-refractivity contribution is 6.04. The van der Waals surface area contributed by atoms with Crippen LogP contribution >= 0.6 is 0 Å². The van der Waals surface area contributed by atoms with Gasteiger partial charge in [-0.1, -0.05) is 6.07 Å². The SMILES string of the molecule is Cc1ccc(C(=O)Nc2cnc(N3CCOCC3)nc2)cc1F. The van der Waals surface area contributed by atoms with Gasteiger partial charge in [-0.25, -0.2) is 14.4 Å². The normalized spacial score (nSPS) is 14.6. The molecule has 120 valence electrons. The first-order valence-electron chi connectivity index (χ1n) is 7.36. The third kappa shape index (κ3) is 3.62. The number of morpholine rings is 1. The van der Waals surface area contributed by atoms with E-state index >= 15 is 0 Å². The molecule has 0 aliphatic carbocycles. The Morgan fingerprint density at radius 1 is 1.26 bits per heavy atom. The van der Waals surface area contributed by atoms with Crippen molar-refractivity contribution in [3.05, 3.63) is 47.5 Å². The summed E-state index contributed by atoms with van der Waals surface area (Å²) in [6.45, 7) is 4.44. The van der Waals surface area contributed by atoms with Gasteiger partial charge in [0.25, 0.3) is 5.91 Å². The minimum atomic E-state index is -0.406. The van der Waals surface area contributed by atoms with E-state index in [0.29, 0.717) is 30.4 Å². The Hall–Kier alpha value is -2.54. The quantitative estimate of drug-likeness (QED) is 0.938. The molecule has 1 aromatic heterocycles. The minimum Gasteiger partial charge on any atom is -0.378 e. The molecule has 1 aliphatic heterocycles. The van der Waals surface area contributed by atoms with Crippen molar-refractivity contribution in [3.8, 4) is 0 Å². The van der Waals surface area contributed by atoms with Crippen LogP contribution in [0.3, 0.4) is 0 Å². The fraction of sp³-hybridized carbons (Fsp3) is 0.312. The van der Waals surface area contributed by atoms with Gasteiger partial charge >= 0.3 is 0 Å². The van der Waals surface area contributed by atoms with E-state index in [0.717, 1.165) is 13.1 Å². The standard InChI is InChI=1S/C16H17FN4O2/c1-11-2-3-12(8-14(11)17)15(22)20-13-9-18-16(19-10-13)21-4-6-23-7-5-21/h2-3,8-10H,4-7H2,1H3,(H,20,22). The van der Waals surface area contributed by atoms with Gasteiger partial charge in [-0.15, -0.1) is 0 Å². The molecule has 1 fully saturated rings. The molecule has 1 saturated heterocycles. The number of benzene rings is 1. The Morgan fingerprint density at radius 3 is 2.61 bits per heavy atom. The number of carbonyl (C=O) groups is 1. The Balaban J connectivity index is 1.67. The molecule has 0 unspecified atom stereocenters. The van der Waals surface area contributed by atoms with E-state index in [4.69, 9.17) is 4.74 Å². The van der Waals surface area contributed by atoms with Crippen LogP contribution in [0.1, 0.15) is 15.9 Å². The van der Waals surface area contributed by atoms with Gasteiger partial charge in [0.15, 0.2) is 0 Å². The van der Waals surface area contributed by atoms with Gasteiger partial charge in [0, 0.05) is 18.7 Å². The summed E-state index contributed by atoms with van der Waals surface area (Å²) in [4.78, 5) is 22.6. The third-order valence-electron chi connectivity index (χ3n) is 3.62. The van der Waals surface area contributed by atoms with Crippen molar-refractivity contribution < 1.29 is 13.9 Å². The molecule has 0 saturated carbocycles. The molecule has 1 amide bonds. The van der Waals surface area contributed by atoms with Crippen LogP contribution in [0.2, 0.25) is 0 Å². The van der Waals surface area contributed by atoms with Crippen LogP contribution < -0.4 is 10.2 Å². The molecule has 0 atom stereocenters. The molecule has 7 heteroatoms. The van der Waals surface area contributed by atoms with E-state index in [9.17, 15) is 9.18 Å². The van der Waals surface area contributed by atoms with Crippen LogP contribution in [0, 0.1) is 12.7 Å². The monoisotopic (exact) mass is 316 g/mol. The second-order valence-electron chi connectivity index (χ2n) is 5.29. The van der Waals surface area contributed by atoms with E-state index in [2.05, 4.69) is 15.3 Å². The lowest BCUT2D eigenvalue weighted by Crippen LogP contribution is -2.37. The average Bonchev–Trinajstić information content (AvgIpc) is 2.59. The van der Waals surface area contributed by atoms with Gasteiger partial charge in [0.1, 0.15) is 5.82 Å². The molecule has 2 heterocycles. The summed E-state index contributed by atoms with van der Waals surface area (Å²) < 4.78 is 18.8. The summed E-state index contributed by atoms with van der Waals surface area (Å²) in [5, 5.41) is 2.66. The molecule has 1 N–H and O–H groups in total. The summed E-state index contributed by atoms with van der Waals surface area (Å²) >= 11 is 0. The fourth-order valence-corrected chi connectivity index (χ4v) is 2.25. The fourth-order valence-electron chi connectivity index (χ4n) is 2.25. The Morgan fingerprint density at radius 2 is 1.96 bits per heavy atom. The number of hydrogen-bond donors (Lipinski definition) is 1. The van der Waals surface area contributed by atoms with Crippen LogP contribution in [-0.4, -0.2) is 42.2 Å². The zero-order valence-electron chi connectivity index (χ0n) is 12.8. The van der Waals surface area contributed by atoms with Gasteiger partial charge in [0.2, 0.25) is 5.95 Å². The number of ether oxygens (including phenoxy) is 1. The van der Waals surface area contributed by atoms with Gasteiger partial charge in [0.05, 0.1) is 31.3 Å². The summed E-state index contributed by atoms with van der Waals surface area (Å²) in [5.74, 6) is -0.198. The number of nitrogens with one attached hydrogen (secondary N) is 1. The first-order chi connectivity index (χ1) is 11.1. The van der Waals surface area contributed by atoms with E-state index < -0.39 is 11.7 Å². The van der Waals surface area contributed by atoms with Crippen molar-refractivity contribution in [2.45, 2.75) is 6.92 Å². The van der Waals surface area contributed by atoms with Crippen molar-refractivity contribution in [3.63, 3.8) is 0 Å². The van der Waals surface area contributed by atoms with Crippen LogP contribution in [0.15, 0.2) is 30.6 Å². The van der Waals surface area contributed by atoms with Gasteiger partial charge in [-0.3, -0.25) is 4.79 Å². The van der Waals surface area contributed by atoms with Crippen molar-refractivity contribution in [2.75, 3.05) is 36.5 Å². The number of amides is 1. The Bertz CT molecular complexity index is 700. The zero-order chi connectivity index (χ0) is 16.2. The van der Waals surface area contributed by atoms with E-state index in [1.54, 1.807) is 31.5 Å². The zero-order valence-corrected chi connectivity index (χ0v) is 12.8. The van der Waals surface area contributed by atoms with E-state index in [1.165, 1.54) is 6.07 Å². The highest BCUT2D eigenvalue weighted by Crippen LogP contribution is 2.14. The smallest absolute Gasteiger partial charge is 0.255 e. The van der Waals surface area contributed by atoms with Gasteiger partial charge in [-0.2, -0.15) is 0 Å². The van der Waals surface area contributed by atoms with Crippen LogP contribution in [-0.2, 0) is 4.74 Å². The predicted molar refractivity (Wildman–Crippen MR) is 84.2 cm³/mol. The number of anilines is 2. The first kappa shape index (κ1) is 15.4. The molecule has 2 aromatic rings. The largest absolute Gasteiger partial charge is 0.378 e. The summed E-state index contributed by atoms with van der Waals surface area (Å²) in [7, 11) is 0. The molecule has 1 aliphatic rings. The van der Waals surface area contributed by atoms with Crippen molar-refractivity contribution in [1.82, 2.24) is 9.97 Å². The molecule has 0 radical (unpaired) electrons. The third-order valence-corrected chi connectivity index (χ3v) is 3.62. The van der Waals surface area contributed by atoms with Crippen molar-refractivity contribution in [1.29, 1.82) is 0 Å². The molecule has 0 bridgehead atoms. The number of hydrogen-bond acceptors (Lipinski definition) is 5. The molecule has 6 nitrogen and oxygen atoms in total. The molecule has 0 spiro atoms. The minimum absolute atomic E-state index is 0.255. The highest BCUT2D eigenvalue weighted by atomic mass is 19.1. The number of aryl methyl sites for hydroxylation is 1. The molecular weight excluding hydrogens is 299 g/mol. The lowest BCUT2D eigenvalue weighted by atomic mass is 10.1. The van der Waals surface area contributed by atoms with Crippen LogP contribution in [0.25, 0.3) is 0 Å². The molecule has 23 heavy (non-hydrogen) atoms. The van der Waals surface area contributed by atoms with Crippen molar-refractivity contribution >= 4 is 17.5 Å². The maximum absolute atomic E-state index is 13.5. The number of aromatic nitrogens is 2. The second-order valence-corrected chi connectivity index (χ2v) is 5.29.